The highest BCUT2D eigenvalue weighted by atomic mass is 19.4. The molecule has 3 N–H and O–H groups in total. The van der Waals surface area contributed by atoms with Crippen LogP contribution in [0.15, 0.2) is 48.5 Å². The van der Waals surface area contributed by atoms with Crippen LogP contribution in [0.3, 0.4) is 0 Å². The molecular formula is C21H25F3N4O2. The molecule has 0 bridgehead atoms. The molecule has 6 nitrogen and oxygen atoms in total. The maximum atomic E-state index is 12.9. The van der Waals surface area contributed by atoms with Crippen molar-refractivity contribution in [2.75, 3.05) is 49.5 Å². The van der Waals surface area contributed by atoms with Crippen molar-refractivity contribution in [2.45, 2.75) is 12.6 Å². The molecule has 1 aliphatic heterocycles. The van der Waals surface area contributed by atoms with E-state index in [1.807, 2.05) is 4.90 Å². The second-order valence-electron chi connectivity index (χ2n) is 7.09. The van der Waals surface area contributed by atoms with E-state index in [0.717, 1.165) is 32.1 Å². The van der Waals surface area contributed by atoms with Crippen LogP contribution in [0.5, 0.6) is 5.75 Å². The SMILES string of the molecule is NC(=O)Nc1ccc(OCCCN2CCN(c3cccc(C(F)(F)F)c3)CC2)cc1. The molecule has 0 saturated carbocycles. The molecule has 2 amide bonds. The Labute approximate surface area is 173 Å². The molecule has 0 aliphatic carbocycles. The first-order valence-electron chi connectivity index (χ1n) is 9.75. The fraction of sp³-hybridized carbons (Fsp3) is 0.381. The molecule has 0 radical (unpaired) electrons. The Morgan fingerprint density at radius 1 is 1.07 bits per heavy atom. The van der Waals surface area contributed by atoms with Gasteiger partial charge >= 0.3 is 12.2 Å². The van der Waals surface area contributed by atoms with Gasteiger partial charge in [0.1, 0.15) is 5.75 Å². The topological polar surface area (TPSA) is 70.8 Å². The Bertz CT molecular complexity index is 835. The Hall–Kier alpha value is -2.94. The zero-order valence-electron chi connectivity index (χ0n) is 16.5. The molecule has 0 spiro atoms. The first kappa shape index (κ1) is 21.8. The molecule has 0 aromatic heterocycles. The maximum absolute atomic E-state index is 12.9. The number of hydrogen-bond donors (Lipinski definition) is 2. The zero-order chi connectivity index (χ0) is 21.6. The minimum absolute atomic E-state index is 0.552. The monoisotopic (exact) mass is 422 g/mol. The average molecular weight is 422 g/mol. The van der Waals surface area contributed by atoms with Gasteiger partial charge in [0.25, 0.3) is 0 Å². The second kappa shape index (κ2) is 9.71. The first-order valence-corrected chi connectivity index (χ1v) is 9.75. The molecule has 162 valence electrons. The fourth-order valence-electron chi connectivity index (χ4n) is 3.36. The third-order valence-electron chi connectivity index (χ3n) is 4.92. The minimum atomic E-state index is -4.32. The van der Waals surface area contributed by atoms with Crippen LogP contribution in [-0.4, -0.2) is 50.3 Å². The summed E-state index contributed by atoms with van der Waals surface area (Å²) in [6.45, 7) is 4.38. The number of benzene rings is 2. The van der Waals surface area contributed by atoms with E-state index in [2.05, 4.69) is 10.2 Å². The van der Waals surface area contributed by atoms with E-state index in [0.29, 0.717) is 36.8 Å². The quantitative estimate of drug-likeness (QED) is 0.666. The minimum Gasteiger partial charge on any atom is -0.494 e. The van der Waals surface area contributed by atoms with Gasteiger partial charge in [0.2, 0.25) is 0 Å². The predicted octanol–water partition coefficient (Wildman–Crippen LogP) is 3.79. The number of nitrogens with two attached hydrogens (primary N) is 1. The van der Waals surface area contributed by atoms with Gasteiger partial charge < -0.3 is 20.7 Å². The van der Waals surface area contributed by atoms with Crippen molar-refractivity contribution in [1.29, 1.82) is 0 Å². The highest BCUT2D eigenvalue weighted by molar-refractivity contribution is 5.87. The van der Waals surface area contributed by atoms with Gasteiger partial charge in [-0.15, -0.1) is 0 Å². The van der Waals surface area contributed by atoms with Crippen LogP contribution in [0, 0.1) is 0 Å². The number of amides is 2. The van der Waals surface area contributed by atoms with E-state index >= 15 is 0 Å². The van der Waals surface area contributed by atoms with Gasteiger partial charge in [-0.1, -0.05) is 6.07 Å². The lowest BCUT2D eigenvalue weighted by Gasteiger charge is -2.36. The van der Waals surface area contributed by atoms with Crippen LogP contribution in [0.2, 0.25) is 0 Å². The van der Waals surface area contributed by atoms with Gasteiger partial charge in [-0.25, -0.2) is 4.79 Å². The summed E-state index contributed by atoms with van der Waals surface area (Å²) >= 11 is 0. The van der Waals surface area contributed by atoms with Crippen molar-refractivity contribution in [1.82, 2.24) is 4.90 Å². The van der Waals surface area contributed by atoms with E-state index < -0.39 is 17.8 Å². The van der Waals surface area contributed by atoms with Crippen molar-refractivity contribution in [3.05, 3.63) is 54.1 Å². The van der Waals surface area contributed by atoms with Crippen LogP contribution in [0.25, 0.3) is 0 Å². The normalized spacial score (nSPS) is 15.1. The number of anilines is 2. The Kier molecular flexibility index (Phi) is 7.04. The van der Waals surface area contributed by atoms with Gasteiger partial charge in [-0.05, 0) is 48.9 Å². The molecule has 2 aromatic carbocycles. The highest BCUT2D eigenvalue weighted by Gasteiger charge is 2.31. The van der Waals surface area contributed by atoms with Gasteiger partial charge in [-0.2, -0.15) is 13.2 Å². The van der Waals surface area contributed by atoms with Crippen molar-refractivity contribution in [3.8, 4) is 5.75 Å². The van der Waals surface area contributed by atoms with Crippen LogP contribution in [-0.2, 0) is 6.18 Å². The molecule has 9 heteroatoms. The summed E-state index contributed by atoms with van der Waals surface area (Å²) in [6, 6.07) is 11.8. The molecular weight excluding hydrogens is 397 g/mol. The Morgan fingerprint density at radius 3 is 2.40 bits per heavy atom. The summed E-state index contributed by atoms with van der Waals surface area (Å²) in [5, 5.41) is 2.48. The average Bonchev–Trinajstić information content (AvgIpc) is 2.72. The molecule has 1 heterocycles. The van der Waals surface area contributed by atoms with Crippen molar-refractivity contribution in [3.63, 3.8) is 0 Å². The van der Waals surface area contributed by atoms with E-state index in [4.69, 9.17) is 10.5 Å². The van der Waals surface area contributed by atoms with Gasteiger partial charge in [0.05, 0.1) is 12.2 Å². The molecule has 1 aliphatic rings. The summed E-state index contributed by atoms with van der Waals surface area (Å²) in [7, 11) is 0. The summed E-state index contributed by atoms with van der Waals surface area (Å²) in [4.78, 5) is 15.1. The second-order valence-corrected chi connectivity index (χ2v) is 7.09. The number of hydrogen-bond acceptors (Lipinski definition) is 4. The molecule has 0 unspecified atom stereocenters. The number of halogens is 3. The summed E-state index contributed by atoms with van der Waals surface area (Å²) in [6.07, 6.45) is -3.48. The molecule has 3 rings (SSSR count). The number of carbonyl (C=O) groups is 1. The van der Waals surface area contributed by atoms with E-state index in [1.54, 1.807) is 30.3 Å². The van der Waals surface area contributed by atoms with Crippen LogP contribution in [0.1, 0.15) is 12.0 Å². The van der Waals surface area contributed by atoms with E-state index in [9.17, 15) is 18.0 Å². The number of urea groups is 1. The van der Waals surface area contributed by atoms with Crippen molar-refractivity contribution >= 4 is 17.4 Å². The lowest BCUT2D eigenvalue weighted by molar-refractivity contribution is -0.137. The summed E-state index contributed by atoms with van der Waals surface area (Å²) < 4.78 is 44.4. The number of nitrogens with zero attached hydrogens (tertiary/aromatic N) is 2. The van der Waals surface area contributed by atoms with Gasteiger partial charge in [0.15, 0.2) is 0 Å². The molecule has 0 atom stereocenters. The molecule has 2 aromatic rings. The number of nitrogens with one attached hydrogen (secondary N) is 1. The number of carbonyl (C=O) groups excluding carboxylic acids is 1. The zero-order valence-corrected chi connectivity index (χ0v) is 16.5. The first-order chi connectivity index (χ1) is 14.3. The molecule has 1 fully saturated rings. The number of ether oxygens (including phenoxy) is 1. The Morgan fingerprint density at radius 2 is 1.77 bits per heavy atom. The Balaban J connectivity index is 1.38. The van der Waals surface area contributed by atoms with Crippen LogP contribution >= 0.6 is 0 Å². The van der Waals surface area contributed by atoms with Crippen LogP contribution < -0.4 is 20.7 Å². The van der Waals surface area contributed by atoms with Crippen molar-refractivity contribution in [2.24, 2.45) is 5.73 Å². The fourth-order valence-corrected chi connectivity index (χ4v) is 3.36. The summed E-state index contributed by atoms with van der Waals surface area (Å²) in [5.41, 5.74) is 5.67. The van der Waals surface area contributed by atoms with E-state index in [1.165, 1.54) is 12.1 Å². The third-order valence-corrected chi connectivity index (χ3v) is 4.92. The lowest BCUT2D eigenvalue weighted by atomic mass is 10.1. The van der Waals surface area contributed by atoms with E-state index in [-0.39, 0.29) is 0 Å². The number of piperazine rings is 1. The number of rotatable bonds is 7. The van der Waals surface area contributed by atoms with Crippen molar-refractivity contribution < 1.29 is 22.7 Å². The third kappa shape index (κ3) is 6.28. The predicted molar refractivity (Wildman–Crippen MR) is 110 cm³/mol. The smallest absolute Gasteiger partial charge is 0.416 e. The van der Waals surface area contributed by atoms with Gasteiger partial charge in [0, 0.05) is 44.1 Å². The standard InChI is InChI=1S/C21H25F3N4O2/c22-21(23,24)16-3-1-4-18(15-16)28-12-10-27(11-13-28)9-2-14-30-19-7-5-17(6-8-19)26-20(25)29/h1,3-8,15H,2,9-14H2,(H3,25,26,29). The number of primary amides is 1. The lowest BCUT2D eigenvalue weighted by Crippen LogP contribution is -2.46. The highest BCUT2D eigenvalue weighted by Crippen LogP contribution is 2.31. The summed E-state index contributed by atoms with van der Waals surface area (Å²) in [5.74, 6) is 0.708. The van der Waals surface area contributed by atoms with Crippen LogP contribution in [0.4, 0.5) is 29.3 Å². The maximum Gasteiger partial charge on any atom is 0.416 e. The largest absolute Gasteiger partial charge is 0.494 e. The van der Waals surface area contributed by atoms with Gasteiger partial charge in [-0.3, -0.25) is 4.90 Å². The molecule has 30 heavy (non-hydrogen) atoms. The number of alkyl halides is 3. The molecule has 1 saturated heterocycles.